The third kappa shape index (κ3) is 2.51. The molecule has 2 aromatic carbocycles. The predicted molar refractivity (Wildman–Crippen MR) is 66.3 cm³/mol. The minimum atomic E-state index is -0.883. The van der Waals surface area contributed by atoms with Crippen LogP contribution in [-0.2, 0) is 0 Å². The van der Waals surface area contributed by atoms with E-state index in [1.165, 1.54) is 5.46 Å². The highest BCUT2D eigenvalue weighted by atomic mass is 16.4. The lowest BCUT2D eigenvalue weighted by Gasteiger charge is -2.00. The van der Waals surface area contributed by atoms with Crippen LogP contribution in [0.2, 0.25) is 0 Å². The molecule has 0 saturated heterocycles. The van der Waals surface area contributed by atoms with Crippen LogP contribution in [-0.4, -0.2) is 18.4 Å². The molecule has 0 aliphatic rings. The largest absolute Gasteiger partial charge is 0.478 e. The molecule has 16 heavy (non-hydrogen) atoms. The molecule has 0 aromatic heterocycles. The molecule has 0 aliphatic carbocycles. The second kappa shape index (κ2) is 4.66. The lowest BCUT2D eigenvalue weighted by atomic mass is 9.64. The van der Waals surface area contributed by atoms with Gasteiger partial charge in [0.1, 0.15) is 0 Å². The number of hydrogen-bond donors (Lipinski definition) is 1. The van der Waals surface area contributed by atoms with Crippen LogP contribution >= 0.6 is 0 Å². The Balaban J connectivity index is 2.14. The van der Waals surface area contributed by atoms with Gasteiger partial charge in [0.05, 0.1) is 5.56 Å². The van der Waals surface area contributed by atoms with Gasteiger partial charge < -0.3 is 5.11 Å². The number of rotatable bonds is 3. The third-order valence-corrected chi connectivity index (χ3v) is 2.45. The second-order valence-corrected chi connectivity index (χ2v) is 3.66. The van der Waals surface area contributed by atoms with Crippen LogP contribution in [0.3, 0.4) is 0 Å². The molecule has 0 atom stereocenters. The molecule has 2 nitrogen and oxygen atoms in total. The molecule has 78 valence electrons. The maximum absolute atomic E-state index is 10.7. The highest BCUT2D eigenvalue weighted by molar-refractivity contribution is 6.67. The molecule has 0 aliphatic heterocycles. The van der Waals surface area contributed by atoms with Crippen LogP contribution in [0.4, 0.5) is 0 Å². The normalized spacial score (nSPS) is 9.75. The van der Waals surface area contributed by atoms with Gasteiger partial charge in [-0.3, -0.25) is 0 Å². The molecule has 3 heteroatoms. The first-order valence-corrected chi connectivity index (χ1v) is 5.12. The maximum Gasteiger partial charge on any atom is 0.335 e. The van der Waals surface area contributed by atoms with Gasteiger partial charge in [-0.2, -0.15) is 0 Å². The summed E-state index contributed by atoms with van der Waals surface area (Å²) in [5.41, 5.74) is 2.68. The zero-order valence-corrected chi connectivity index (χ0v) is 8.76. The van der Waals surface area contributed by atoms with E-state index in [4.69, 9.17) is 5.11 Å². The monoisotopic (exact) mass is 210 g/mol. The molecule has 0 fully saturated rings. The summed E-state index contributed by atoms with van der Waals surface area (Å²) in [7, 11) is 0.834. The molecule has 0 spiro atoms. The molecule has 1 N–H and O–H groups in total. The fourth-order valence-corrected chi connectivity index (χ4v) is 1.60. The van der Waals surface area contributed by atoms with Crippen LogP contribution in [0, 0.1) is 0 Å². The fourth-order valence-electron chi connectivity index (χ4n) is 1.60. The van der Waals surface area contributed by atoms with Crippen LogP contribution in [0.1, 0.15) is 10.4 Å². The minimum Gasteiger partial charge on any atom is -0.478 e. The Bertz CT molecular complexity index is 477. The zero-order valence-electron chi connectivity index (χ0n) is 8.76. The Hall–Kier alpha value is -2.03. The summed E-state index contributed by atoms with van der Waals surface area (Å²) >= 11 is 0. The SMILES string of the molecule is O=C(O)c1ccc(Bc2ccccc2)cc1. The van der Waals surface area contributed by atoms with Gasteiger partial charge in [-0.1, -0.05) is 53.4 Å². The molecule has 0 bridgehead atoms. The molecule has 2 aromatic rings. The summed E-state index contributed by atoms with van der Waals surface area (Å²) in [5.74, 6) is -0.883. The van der Waals surface area contributed by atoms with Crippen molar-refractivity contribution in [1.29, 1.82) is 0 Å². The van der Waals surface area contributed by atoms with Gasteiger partial charge >= 0.3 is 5.97 Å². The molecule has 0 amide bonds. The summed E-state index contributed by atoms with van der Waals surface area (Å²) in [5, 5.41) is 8.77. The van der Waals surface area contributed by atoms with Crippen molar-refractivity contribution in [3.05, 3.63) is 60.2 Å². The van der Waals surface area contributed by atoms with E-state index in [0.29, 0.717) is 5.56 Å². The highest BCUT2D eigenvalue weighted by Gasteiger charge is 2.02. The summed E-state index contributed by atoms with van der Waals surface area (Å²) in [6.07, 6.45) is 0. The first kappa shape index (κ1) is 10.5. The molecule has 0 unspecified atom stereocenters. The predicted octanol–water partition coefficient (Wildman–Crippen LogP) is 0.772. The van der Waals surface area contributed by atoms with Crippen molar-refractivity contribution in [3.8, 4) is 0 Å². The highest BCUT2D eigenvalue weighted by Crippen LogP contribution is 1.95. The Labute approximate surface area is 94.8 Å². The van der Waals surface area contributed by atoms with E-state index in [-0.39, 0.29) is 0 Å². The maximum atomic E-state index is 10.7. The molecule has 2 rings (SSSR count). The lowest BCUT2D eigenvalue weighted by Crippen LogP contribution is -2.26. The second-order valence-electron chi connectivity index (χ2n) is 3.66. The summed E-state index contributed by atoms with van der Waals surface area (Å²) in [4.78, 5) is 10.7. The van der Waals surface area contributed by atoms with Gasteiger partial charge in [-0.25, -0.2) is 4.79 Å². The number of carbonyl (C=O) groups is 1. The minimum absolute atomic E-state index is 0.330. The van der Waals surface area contributed by atoms with E-state index >= 15 is 0 Å². The van der Waals surface area contributed by atoms with Crippen molar-refractivity contribution in [2.24, 2.45) is 0 Å². The van der Waals surface area contributed by atoms with Crippen molar-refractivity contribution in [3.63, 3.8) is 0 Å². The van der Waals surface area contributed by atoms with Gasteiger partial charge in [0, 0.05) is 0 Å². The molecular formula is C13H11BO2. The molecule has 0 radical (unpaired) electrons. The molecule has 0 saturated carbocycles. The fraction of sp³-hybridized carbons (Fsp3) is 0. The number of carboxylic acid groups (broad SMARTS) is 1. The van der Waals surface area contributed by atoms with Gasteiger partial charge in [0.2, 0.25) is 0 Å². The Morgan fingerprint density at radius 2 is 1.44 bits per heavy atom. The van der Waals surface area contributed by atoms with Gasteiger partial charge in [-0.15, -0.1) is 0 Å². The van der Waals surface area contributed by atoms with E-state index in [1.807, 2.05) is 30.3 Å². The average Bonchev–Trinajstić information content (AvgIpc) is 2.31. The van der Waals surface area contributed by atoms with Gasteiger partial charge in [0.15, 0.2) is 7.28 Å². The topological polar surface area (TPSA) is 37.3 Å². The first-order valence-electron chi connectivity index (χ1n) is 5.12. The van der Waals surface area contributed by atoms with Gasteiger partial charge in [-0.05, 0) is 12.1 Å². The van der Waals surface area contributed by atoms with Crippen molar-refractivity contribution >= 4 is 24.2 Å². The van der Waals surface area contributed by atoms with E-state index in [2.05, 4.69) is 12.1 Å². The van der Waals surface area contributed by atoms with Crippen LogP contribution in [0.15, 0.2) is 54.6 Å². The zero-order chi connectivity index (χ0) is 11.4. The van der Waals surface area contributed by atoms with E-state index in [0.717, 1.165) is 12.7 Å². The number of hydrogen-bond acceptors (Lipinski definition) is 1. The Morgan fingerprint density at radius 3 is 2.00 bits per heavy atom. The van der Waals surface area contributed by atoms with Gasteiger partial charge in [0.25, 0.3) is 0 Å². The Morgan fingerprint density at radius 1 is 0.875 bits per heavy atom. The first-order chi connectivity index (χ1) is 7.75. The lowest BCUT2D eigenvalue weighted by molar-refractivity contribution is 0.0697. The van der Waals surface area contributed by atoms with Crippen molar-refractivity contribution < 1.29 is 9.90 Å². The summed E-state index contributed by atoms with van der Waals surface area (Å²) in [6, 6.07) is 17.1. The number of aromatic carboxylic acids is 1. The average molecular weight is 210 g/mol. The molecular weight excluding hydrogens is 199 g/mol. The van der Waals surface area contributed by atoms with Crippen molar-refractivity contribution in [2.75, 3.05) is 0 Å². The quantitative estimate of drug-likeness (QED) is 0.759. The van der Waals surface area contributed by atoms with Crippen LogP contribution in [0.25, 0.3) is 0 Å². The third-order valence-electron chi connectivity index (χ3n) is 2.45. The number of benzene rings is 2. The van der Waals surface area contributed by atoms with E-state index in [9.17, 15) is 4.79 Å². The van der Waals surface area contributed by atoms with E-state index < -0.39 is 5.97 Å². The molecule has 0 heterocycles. The van der Waals surface area contributed by atoms with Crippen molar-refractivity contribution in [1.82, 2.24) is 0 Å². The smallest absolute Gasteiger partial charge is 0.335 e. The van der Waals surface area contributed by atoms with Crippen LogP contribution < -0.4 is 10.9 Å². The number of carboxylic acids is 1. The Kier molecular flexibility index (Phi) is 3.06. The van der Waals surface area contributed by atoms with Crippen molar-refractivity contribution in [2.45, 2.75) is 0 Å². The van der Waals surface area contributed by atoms with E-state index in [1.54, 1.807) is 12.1 Å². The van der Waals surface area contributed by atoms with Crippen LogP contribution in [0.5, 0.6) is 0 Å². The standard InChI is InChI=1S/C13H11BO2/c15-13(16)10-6-8-12(9-7-10)14-11-4-2-1-3-5-11/h1-9,14H,(H,15,16). The summed E-state index contributed by atoms with van der Waals surface area (Å²) < 4.78 is 0. The summed E-state index contributed by atoms with van der Waals surface area (Å²) in [6.45, 7) is 0.